The summed E-state index contributed by atoms with van der Waals surface area (Å²) in [4.78, 5) is 0. The third kappa shape index (κ3) is 191. The molecule has 170 valence electrons. The molecule has 0 aliphatic rings. The van der Waals surface area contributed by atoms with Crippen molar-refractivity contribution in [2.24, 2.45) is 0 Å². The van der Waals surface area contributed by atoms with Gasteiger partial charge in [0.2, 0.25) is 0 Å². The van der Waals surface area contributed by atoms with E-state index in [0.717, 1.165) is 0 Å². The van der Waals surface area contributed by atoms with Gasteiger partial charge in [-0.15, -0.1) is 0 Å². The Hall–Kier alpha value is -2.12. The molecule has 0 aliphatic heterocycles. The van der Waals surface area contributed by atoms with Crippen LogP contribution in [0.1, 0.15) is 41.5 Å². The van der Waals surface area contributed by atoms with E-state index in [1.807, 2.05) is 114 Å². The predicted molar refractivity (Wildman–Crippen MR) is 157 cm³/mol. The Morgan fingerprint density at radius 1 is 0.290 bits per heavy atom. The number of rotatable bonds is 6. The van der Waals surface area contributed by atoms with E-state index in [2.05, 4.69) is 39.5 Å². The topological polar surface area (TPSA) is 0 Å². The summed E-state index contributed by atoms with van der Waals surface area (Å²) in [6.45, 7) is 32.5. The van der Waals surface area contributed by atoms with Gasteiger partial charge in [-0.05, 0) is 41.5 Å². The van der Waals surface area contributed by atoms with Crippen LogP contribution < -0.4 is 0 Å². The molecule has 0 unspecified atom stereocenters. The average Bonchev–Trinajstić information content (AvgIpc) is 2.74. The van der Waals surface area contributed by atoms with Crippen molar-refractivity contribution in [3.05, 3.63) is 149 Å². The second-order valence-electron chi connectivity index (χ2n) is 4.57. The first-order chi connectivity index (χ1) is 14.5. The summed E-state index contributed by atoms with van der Waals surface area (Å²) in [7, 11) is 0. The van der Waals surface area contributed by atoms with Crippen molar-refractivity contribution in [1.82, 2.24) is 0 Å². The molecule has 0 saturated heterocycles. The van der Waals surface area contributed by atoms with E-state index in [-0.39, 0.29) is 29.6 Å². The Labute approximate surface area is 218 Å². The quantitative estimate of drug-likeness (QED) is 0.289. The summed E-state index contributed by atoms with van der Waals surface area (Å²) in [5, 5.41) is 0. The molecule has 0 saturated carbocycles. The Morgan fingerprint density at radius 2 is 0.387 bits per heavy atom. The third-order valence-corrected chi connectivity index (χ3v) is 1.97. The summed E-state index contributed by atoms with van der Waals surface area (Å²) >= 11 is 0. The molecule has 31 heavy (non-hydrogen) atoms. The fourth-order valence-corrected chi connectivity index (χ4v) is 0.816. The summed E-state index contributed by atoms with van der Waals surface area (Å²) in [5.74, 6) is 0. The van der Waals surface area contributed by atoms with Crippen molar-refractivity contribution in [1.29, 1.82) is 0 Å². The van der Waals surface area contributed by atoms with Crippen molar-refractivity contribution in [3.8, 4) is 0 Å². The molecular formula is C30H49Na. The minimum atomic E-state index is 0. The number of hydrogen-bond acceptors (Lipinski definition) is 0. The zero-order chi connectivity index (χ0) is 24.7. The first kappa shape index (κ1) is 46.9. The molecule has 0 aromatic carbocycles. The number of hydrogen-bond donors (Lipinski definition) is 0. The van der Waals surface area contributed by atoms with E-state index in [1.54, 1.807) is 36.5 Å². The van der Waals surface area contributed by atoms with E-state index in [4.69, 9.17) is 0 Å². The summed E-state index contributed by atoms with van der Waals surface area (Å²) in [5.41, 5.74) is 0. The van der Waals surface area contributed by atoms with Gasteiger partial charge in [0.25, 0.3) is 0 Å². The van der Waals surface area contributed by atoms with Crippen LogP contribution in [-0.2, 0) is 0 Å². The normalized spacial score (nSPS) is 8.71. The van der Waals surface area contributed by atoms with Crippen LogP contribution in [0, 0.1) is 0 Å². The fraction of sp³-hybridized carbons (Fsp3) is 0.200. The van der Waals surface area contributed by atoms with Crippen LogP contribution in [0.4, 0.5) is 0 Å². The zero-order valence-corrected chi connectivity index (χ0v) is 20.6. The van der Waals surface area contributed by atoms with Gasteiger partial charge in [0.15, 0.2) is 0 Å². The van der Waals surface area contributed by atoms with E-state index < -0.39 is 0 Å². The van der Waals surface area contributed by atoms with Crippen LogP contribution in [-0.4, -0.2) is 29.6 Å². The maximum atomic E-state index is 3.46. The Bertz CT molecular complexity index is 382. The molecule has 0 aliphatic carbocycles. The van der Waals surface area contributed by atoms with E-state index >= 15 is 0 Å². The van der Waals surface area contributed by atoms with E-state index in [1.165, 1.54) is 0 Å². The first-order valence-corrected chi connectivity index (χ1v) is 9.91. The molecule has 0 amide bonds. The van der Waals surface area contributed by atoms with Crippen molar-refractivity contribution >= 4 is 29.6 Å². The molecule has 0 spiro atoms. The van der Waals surface area contributed by atoms with E-state index in [0.29, 0.717) is 0 Å². The summed E-state index contributed by atoms with van der Waals surface area (Å²) in [6.07, 6.45) is 33.5. The molecule has 0 aromatic rings. The van der Waals surface area contributed by atoms with Crippen molar-refractivity contribution < 1.29 is 0 Å². The van der Waals surface area contributed by atoms with Crippen LogP contribution in [0.15, 0.2) is 149 Å². The molecule has 0 heterocycles. The average molecular weight is 433 g/mol. The summed E-state index contributed by atoms with van der Waals surface area (Å²) < 4.78 is 0. The van der Waals surface area contributed by atoms with Crippen molar-refractivity contribution in [2.75, 3.05) is 0 Å². The van der Waals surface area contributed by atoms with Crippen LogP contribution >= 0.6 is 0 Å². The third-order valence-electron chi connectivity index (χ3n) is 1.97. The standard InChI is InChI=1S/6C5H8.Na.H/c6*1-3-5-4-2;;/h6*3-5H,1H2,2H3;;. The van der Waals surface area contributed by atoms with Gasteiger partial charge in [-0.25, -0.2) is 0 Å². The predicted octanol–water partition coefficient (Wildman–Crippen LogP) is 9.84. The molecule has 0 aromatic heterocycles. The van der Waals surface area contributed by atoms with Crippen molar-refractivity contribution in [2.45, 2.75) is 41.5 Å². The van der Waals surface area contributed by atoms with Crippen molar-refractivity contribution in [3.63, 3.8) is 0 Å². The molecule has 0 bridgehead atoms. The molecular weight excluding hydrogens is 383 g/mol. The van der Waals surface area contributed by atoms with Crippen LogP contribution in [0.25, 0.3) is 0 Å². The van der Waals surface area contributed by atoms with E-state index in [9.17, 15) is 0 Å². The monoisotopic (exact) mass is 432 g/mol. The molecule has 0 fully saturated rings. The minimum absolute atomic E-state index is 0. The van der Waals surface area contributed by atoms with Gasteiger partial charge in [0.1, 0.15) is 0 Å². The van der Waals surface area contributed by atoms with Gasteiger partial charge in [0.05, 0.1) is 0 Å². The van der Waals surface area contributed by atoms with Crippen LogP contribution in [0.5, 0.6) is 0 Å². The Kier molecular flexibility index (Phi) is 121. The van der Waals surface area contributed by atoms with Crippen LogP contribution in [0.3, 0.4) is 0 Å². The van der Waals surface area contributed by atoms with Gasteiger partial charge in [-0.1, -0.05) is 149 Å². The molecule has 1 heteroatoms. The van der Waals surface area contributed by atoms with Gasteiger partial charge in [0, 0.05) is 0 Å². The molecule has 0 rings (SSSR count). The first-order valence-electron chi connectivity index (χ1n) is 9.91. The fourth-order valence-electron chi connectivity index (χ4n) is 0.816. The van der Waals surface area contributed by atoms with Crippen LogP contribution in [0.2, 0.25) is 0 Å². The molecule has 0 N–H and O–H groups in total. The second kappa shape index (κ2) is 79.9. The second-order valence-corrected chi connectivity index (χ2v) is 4.57. The maximum absolute atomic E-state index is 3.46. The molecule has 0 nitrogen and oxygen atoms in total. The zero-order valence-electron chi connectivity index (χ0n) is 20.6. The van der Waals surface area contributed by atoms with Gasteiger partial charge in [-0.3, -0.25) is 0 Å². The van der Waals surface area contributed by atoms with Gasteiger partial charge < -0.3 is 0 Å². The Morgan fingerprint density at radius 3 is 0.387 bits per heavy atom. The SMILES string of the molecule is C=CC=CC.C=CC=CC.C=CC=CC.C=CC=CC.C=CC=CC.C=CC=CC.[NaH]. The van der Waals surface area contributed by atoms with Gasteiger partial charge in [-0.2, -0.15) is 0 Å². The van der Waals surface area contributed by atoms with Gasteiger partial charge >= 0.3 is 29.6 Å². The number of allylic oxidation sites excluding steroid dienone is 18. The molecule has 0 atom stereocenters. The summed E-state index contributed by atoms with van der Waals surface area (Å²) in [6, 6.07) is 0. The molecule has 0 radical (unpaired) electrons. The Balaban J connectivity index is -0.0000000443.